The zero-order valence-corrected chi connectivity index (χ0v) is 17.1. The van der Waals surface area contributed by atoms with E-state index in [4.69, 9.17) is 16.6 Å². The third-order valence-electron chi connectivity index (χ3n) is 4.25. The number of anilines is 1. The maximum Gasteiger partial charge on any atom is 0.253 e. The van der Waals surface area contributed by atoms with Gasteiger partial charge in [-0.05, 0) is 55.0 Å². The molecule has 0 aliphatic rings. The van der Waals surface area contributed by atoms with E-state index in [1.54, 1.807) is 36.4 Å². The Morgan fingerprint density at radius 1 is 1.00 bits per heavy atom. The van der Waals surface area contributed by atoms with E-state index in [0.717, 1.165) is 5.56 Å². The van der Waals surface area contributed by atoms with E-state index in [1.165, 1.54) is 18.4 Å². The first kappa shape index (κ1) is 21.0. The monoisotopic (exact) mass is 419 g/mol. The van der Waals surface area contributed by atoms with Gasteiger partial charge in [0.05, 0.1) is 23.6 Å². The van der Waals surface area contributed by atoms with Gasteiger partial charge in [0.25, 0.3) is 5.91 Å². The second kappa shape index (κ2) is 10.2. The molecule has 0 aliphatic heterocycles. The molecule has 0 bridgehead atoms. The molecule has 6 nitrogen and oxygen atoms in total. The minimum atomic E-state index is -0.413. The van der Waals surface area contributed by atoms with Gasteiger partial charge in [-0.2, -0.15) is 0 Å². The van der Waals surface area contributed by atoms with Crippen LogP contribution in [0.5, 0.6) is 0 Å². The lowest BCUT2D eigenvalue weighted by Gasteiger charge is -2.17. The van der Waals surface area contributed by atoms with Crippen LogP contribution in [0.3, 0.4) is 0 Å². The molecule has 3 N–H and O–H groups in total. The molecule has 0 saturated heterocycles. The second-order valence-electron chi connectivity index (χ2n) is 6.44. The molecule has 3 rings (SSSR count). The van der Waals surface area contributed by atoms with E-state index in [1.807, 2.05) is 37.3 Å². The first-order valence-electron chi connectivity index (χ1n) is 9.31. The molecule has 1 aromatic heterocycles. The Balaban J connectivity index is 1.62. The summed E-state index contributed by atoms with van der Waals surface area (Å²) < 4.78 is 5.13. The molecule has 0 saturated carbocycles. The zero-order valence-electron chi connectivity index (χ0n) is 16.3. The van der Waals surface area contributed by atoms with Crippen LogP contribution in [-0.2, 0) is 4.79 Å². The Labute approximate surface area is 180 Å². The number of nitrogens with one attached hydrogen (secondary N) is 3. The molecule has 0 radical (unpaired) electrons. The maximum absolute atomic E-state index is 12.8. The Morgan fingerprint density at radius 3 is 2.47 bits per heavy atom. The average molecular weight is 420 g/mol. The molecular weight excluding hydrogens is 398 g/mol. The lowest BCUT2D eigenvalue weighted by atomic mass is 10.1. The van der Waals surface area contributed by atoms with Crippen LogP contribution in [0.25, 0.3) is 6.08 Å². The van der Waals surface area contributed by atoms with Gasteiger partial charge in [-0.15, -0.1) is 0 Å². The molecule has 152 valence electrons. The molecule has 3 aromatic rings. The maximum atomic E-state index is 12.8. The Bertz CT molecular complexity index is 1050. The highest BCUT2D eigenvalue weighted by atomic mass is 32.1. The van der Waals surface area contributed by atoms with Crippen molar-refractivity contribution in [2.24, 2.45) is 0 Å². The fourth-order valence-electron chi connectivity index (χ4n) is 2.74. The minimum absolute atomic E-state index is 0.0838. The van der Waals surface area contributed by atoms with E-state index in [2.05, 4.69) is 16.0 Å². The SMILES string of the molecule is CC(NC(=O)c1ccccc1NC(=S)NC(=O)C=Cc1ccco1)c1ccccc1. The van der Waals surface area contributed by atoms with Crippen molar-refractivity contribution in [3.05, 3.63) is 96.0 Å². The van der Waals surface area contributed by atoms with Crippen molar-refractivity contribution in [2.45, 2.75) is 13.0 Å². The highest BCUT2D eigenvalue weighted by Gasteiger charge is 2.15. The van der Waals surface area contributed by atoms with Gasteiger partial charge in [-0.1, -0.05) is 42.5 Å². The Kier molecular flexibility index (Phi) is 7.13. The smallest absolute Gasteiger partial charge is 0.253 e. The van der Waals surface area contributed by atoms with Crippen molar-refractivity contribution in [3.8, 4) is 0 Å². The van der Waals surface area contributed by atoms with Gasteiger partial charge in [-0.25, -0.2) is 0 Å². The number of carbonyl (C=O) groups excluding carboxylic acids is 2. The number of hydrogen-bond acceptors (Lipinski definition) is 4. The topological polar surface area (TPSA) is 83.4 Å². The Hall–Kier alpha value is -3.71. The number of hydrogen-bond donors (Lipinski definition) is 3. The number of carbonyl (C=O) groups is 2. The molecule has 0 aliphatic carbocycles. The van der Waals surface area contributed by atoms with Gasteiger partial charge in [0, 0.05) is 6.08 Å². The number of furan rings is 1. The van der Waals surface area contributed by atoms with Gasteiger partial charge >= 0.3 is 0 Å². The Morgan fingerprint density at radius 2 is 1.73 bits per heavy atom. The summed E-state index contributed by atoms with van der Waals surface area (Å²) >= 11 is 5.20. The van der Waals surface area contributed by atoms with Crippen LogP contribution in [0, 0.1) is 0 Å². The van der Waals surface area contributed by atoms with Crippen LogP contribution in [0.4, 0.5) is 5.69 Å². The van der Waals surface area contributed by atoms with Crippen molar-refractivity contribution in [2.75, 3.05) is 5.32 Å². The van der Waals surface area contributed by atoms with Gasteiger partial charge in [0.1, 0.15) is 5.76 Å². The van der Waals surface area contributed by atoms with E-state index in [-0.39, 0.29) is 17.1 Å². The lowest BCUT2D eigenvalue weighted by Crippen LogP contribution is -2.34. The number of amides is 2. The molecule has 2 aromatic carbocycles. The highest BCUT2D eigenvalue weighted by Crippen LogP contribution is 2.18. The quantitative estimate of drug-likeness (QED) is 0.410. The van der Waals surface area contributed by atoms with E-state index in [9.17, 15) is 9.59 Å². The number of para-hydroxylation sites is 1. The molecule has 7 heteroatoms. The molecule has 1 atom stereocenters. The van der Waals surface area contributed by atoms with Crippen LogP contribution >= 0.6 is 12.2 Å². The predicted octanol–water partition coefficient (Wildman–Crippen LogP) is 4.30. The molecule has 1 heterocycles. The molecule has 0 fully saturated rings. The van der Waals surface area contributed by atoms with Gasteiger partial charge < -0.3 is 15.1 Å². The lowest BCUT2D eigenvalue weighted by molar-refractivity contribution is -0.115. The molecule has 30 heavy (non-hydrogen) atoms. The summed E-state index contributed by atoms with van der Waals surface area (Å²) in [5.74, 6) is -0.108. The van der Waals surface area contributed by atoms with Crippen LogP contribution in [-0.4, -0.2) is 16.9 Å². The largest absolute Gasteiger partial charge is 0.465 e. The standard InChI is InChI=1S/C23H21N3O3S/c1-16(17-8-3-2-4-9-17)24-22(28)19-11-5-6-12-20(19)25-23(30)26-21(27)14-13-18-10-7-15-29-18/h2-16H,1H3,(H,24,28)(H2,25,26,27,30). The highest BCUT2D eigenvalue weighted by molar-refractivity contribution is 7.80. The summed E-state index contributed by atoms with van der Waals surface area (Å²) in [6, 6.07) is 19.9. The van der Waals surface area contributed by atoms with E-state index in [0.29, 0.717) is 17.0 Å². The third kappa shape index (κ3) is 5.89. The summed E-state index contributed by atoms with van der Waals surface area (Å²) in [5.41, 5.74) is 1.92. The van der Waals surface area contributed by atoms with Crippen LogP contribution in [0.2, 0.25) is 0 Å². The first-order chi connectivity index (χ1) is 14.5. The van der Waals surface area contributed by atoms with Crippen LogP contribution in [0.1, 0.15) is 34.6 Å². The molecular formula is C23H21N3O3S. The van der Waals surface area contributed by atoms with Gasteiger partial charge in [-0.3, -0.25) is 14.9 Å². The predicted molar refractivity (Wildman–Crippen MR) is 121 cm³/mol. The van der Waals surface area contributed by atoms with Gasteiger partial charge in [0.2, 0.25) is 5.91 Å². The average Bonchev–Trinajstić information content (AvgIpc) is 3.27. The minimum Gasteiger partial charge on any atom is -0.465 e. The van der Waals surface area contributed by atoms with Gasteiger partial charge in [0.15, 0.2) is 5.11 Å². The van der Waals surface area contributed by atoms with Crippen LogP contribution in [0.15, 0.2) is 83.5 Å². The second-order valence-corrected chi connectivity index (χ2v) is 6.85. The zero-order chi connectivity index (χ0) is 21.3. The van der Waals surface area contributed by atoms with Crippen molar-refractivity contribution < 1.29 is 14.0 Å². The number of thiocarbonyl (C=S) groups is 1. The fraction of sp³-hybridized carbons (Fsp3) is 0.0870. The van der Waals surface area contributed by atoms with Crippen molar-refractivity contribution in [1.82, 2.24) is 10.6 Å². The first-order valence-corrected chi connectivity index (χ1v) is 9.72. The molecule has 1 unspecified atom stereocenters. The van der Waals surface area contributed by atoms with Crippen molar-refractivity contribution >= 4 is 40.9 Å². The van der Waals surface area contributed by atoms with Crippen LogP contribution < -0.4 is 16.0 Å². The third-order valence-corrected chi connectivity index (χ3v) is 4.45. The molecule has 0 spiro atoms. The van der Waals surface area contributed by atoms with Crippen molar-refractivity contribution in [3.63, 3.8) is 0 Å². The summed E-state index contributed by atoms with van der Waals surface area (Å²) in [6.45, 7) is 1.92. The number of benzene rings is 2. The summed E-state index contributed by atoms with van der Waals surface area (Å²) in [7, 11) is 0. The van der Waals surface area contributed by atoms with Crippen molar-refractivity contribution in [1.29, 1.82) is 0 Å². The summed E-state index contributed by atoms with van der Waals surface area (Å²) in [5, 5.41) is 8.51. The van der Waals surface area contributed by atoms with E-state index >= 15 is 0 Å². The normalized spacial score (nSPS) is 11.6. The van der Waals surface area contributed by atoms with E-state index < -0.39 is 5.91 Å². The molecule has 2 amide bonds. The summed E-state index contributed by atoms with van der Waals surface area (Å²) in [6.07, 6.45) is 4.36. The number of rotatable bonds is 6. The summed E-state index contributed by atoms with van der Waals surface area (Å²) in [4.78, 5) is 24.8. The fourth-order valence-corrected chi connectivity index (χ4v) is 2.95.